The van der Waals surface area contributed by atoms with Crippen LogP contribution in [0.1, 0.15) is 25.0 Å². The second-order valence-electron chi connectivity index (χ2n) is 7.46. The highest BCUT2D eigenvalue weighted by molar-refractivity contribution is 7.89. The summed E-state index contributed by atoms with van der Waals surface area (Å²) in [6.45, 7) is 5.02. The largest absolute Gasteiger partial charge is 0.324 e. The first-order chi connectivity index (χ1) is 14.8. The van der Waals surface area contributed by atoms with E-state index in [0.717, 1.165) is 46.1 Å². The molecule has 0 aromatic heterocycles. The number of nitrogens with one attached hydrogen (secondary N) is 1. The van der Waals surface area contributed by atoms with E-state index in [0.29, 0.717) is 19.2 Å². The van der Waals surface area contributed by atoms with Crippen molar-refractivity contribution in [3.63, 3.8) is 0 Å². The van der Waals surface area contributed by atoms with Crippen molar-refractivity contribution in [3.05, 3.63) is 59.2 Å². The molecule has 0 atom stereocenters. The smallest absolute Gasteiger partial charge is 0.246 e. The second kappa shape index (κ2) is 9.84. The lowest BCUT2D eigenvalue weighted by molar-refractivity contribution is -0.117. The lowest BCUT2D eigenvalue weighted by atomic mass is 10.0. The average Bonchev–Trinajstić information content (AvgIpc) is 2.75. The van der Waals surface area contributed by atoms with Gasteiger partial charge in [-0.25, -0.2) is 17.2 Å². The summed E-state index contributed by atoms with van der Waals surface area (Å²) in [5.41, 5.74) is 2.99. The number of aryl methyl sites for hydroxylation is 2. The van der Waals surface area contributed by atoms with E-state index in [-0.39, 0.29) is 25.5 Å². The summed E-state index contributed by atoms with van der Waals surface area (Å²) in [6.07, 6.45) is 1.60. The van der Waals surface area contributed by atoms with Crippen molar-refractivity contribution in [2.24, 2.45) is 0 Å². The molecular formula is C22H27F2N3O3S. The zero-order valence-electron chi connectivity index (χ0n) is 17.7. The van der Waals surface area contributed by atoms with Gasteiger partial charge in [0.15, 0.2) is 0 Å². The Bertz CT molecular complexity index is 1030. The van der Waals surface area contributed by atoms with Crippen LogP contribution in [-0.4, -0.2) is 56.3 Å². The number of hydrogen-bond donors (Lipinski definition) is 1. The molecule has 0 aliphatic carbocycles. The van der Waals surface area contributed by atoms with Crippen molar-refractivity contribution in [2.45, 2.75) is 31.6 Å². The molecule has 168 valence electrons. The number of amides is 1. The molecule has 0 unspecified atom stereocenters. The third-order valence-corrected chi connectivity index (χ3v) is 7.39. The Kier molecular flexibility index (Phi) is 7.40. The second-order valence-corrected chi connectivity index (χ2v) is 9.37. The van der Waals surface area contributed by atoms with Crippen LogP contribution in [0.25, 0.3) is 0 Å². The standard InChI is InChI=1S/C22H27F2N3O3S/c1-3-16-6-5-7-17(4-2)22(16)25-21(28)15-26-10-12-27(13-11-26)31(29,30)20-14-18(23)8-9-19(20)24/h5-9,14H,3-4,10-13,15H2,1-2H3,(H,25,28). The lowest BCUT2D eigenvalue weighted by Crippen LogP contribution is -2.50. The van der Waals surface area contributed by atoms with E-state index in [1.807, 2.05) is 36.9 Å². The van der Waals surface area contributed by atoms with Crippen LogP contribution in [0.5, 0.6) is 0 Å². The molecule has 9 heteroatoms. The summed E-state index contributed by atoms with van der Waals surface area (Å²) >= 11 is 0. The van der Waals surface area contributed by atoms with Crippen LogP contribution in [0.4, 0.5) is 14.5 Å². The Hall–Kier alpha value is -2.36. The van der Waals surface area contributed by atoms with E-state index in [1.165, 1.54) is 0 Å². The summed E-state index contributed by atoms with van der Waals surface area (Å²) in [6, 6.07) is 8.34. The van der Waals surface area contributed by atoms with Crippen LogP contribution in [0, 0.1) is 11.6 Å². The van der Waals surface area contributed by atoms with E-state index in [1.54, 1.807) is 0 Å². The van der Waals surface area contributed by atoms with Crippen molar-refractivity contribution in [1.82, 2.24) is 9.21 Å². The molecule has 1 heterocycles. The number of anilines is 1. The number of para-hydroxylation sites is 1. The summed E-state index contributed by atoms with van der Waals surface area (Å²) in [7, 11) is -4.14. The Morgan fingerprint density at radius 1 is 1.00 bits per heavy atom. The van der Waals surface area contributed by atoms with E-state index in [9.17, 15) is 22.0 Å². The minimum absolute atomic E-state index is 0.0946. The molecule has 2 aromatic carbocycles. The monoisotopic (exact) mass is 451 g/mol. The van der Waals surface area contributed by atoms with Gasteiger partial charge in [0, 0.05) is 31.9 Å². The maximum absolute atomic E-state index is 14.0. The first-order valence-electron chi connectivity index (χ1n) is 10.3. The molecule has 1 fully saturated rings. The molecule has 3 rings (SSSR count). The van der Waals surface area contributed by atoms with Crippen LogP contribution < -0.4 is 5.32 Å². The zero-order chi connectivity index (χ0) is 22.6. The molecule has 1 N–H and O–H groups in total. The minimum Gasteiger partial charge on any atom is -0.324 e. The number of benzene rings is 2. The first kappa shape index (κ1) is 23.3. The van der Waals surface area contributed by atoms with Crippen LogP contribution in [0.3, 0.4) is 0 Å². The first-order valence-corrected chi connectivity index (χ1v) is 11.8. The molecular weight excluding hydrogens is 424 g/mol. The molecule has 0 bridgehead atoms. The molecule has 31 heavy (non-hydrogen) atoms. The van der Waals surface area contributed by atoms with Gasteiger partial charge in [-0.05, 0) is 42.2 Å². The van der Waals surface area contributed by atoms with Crippen LogP contribution in [0.2, 0.25) is 0 Å². The number of hydrogen-bond acceptors (Lipinski definition) is 4. The number of carbonyl (C=O) groups excluding carboxylic acids is 1. The molecule has 1 saturated heterocycles. The van der Waals surface area contributed by atoms with Gasteiger partial charge < -0.3 is 5.32 Å². The van der Waals surface area contributed by atoms with Crippen molar-refractivity contribution in [2.75, 3.05) is 38.0 Å². The Morgan fingerprint density at radius 3 is 2.19 bits per heavy atom. The average molecular weight is 452 g/mol. The number of carbonyl (C=O) groups is 1. The van der Waals surface area contributed by atoms with Gasteiger partial charge in [-0.1, -0.05) is 32.0 Å². The highest BCUT2D eigenvalue weighted by Gasteiger charge is 2.31. The van der Waals surface area contributed by atoms with E-state index in [4.69, 9.17) is 0 Å². The third-order valence-electron chi connectivity index (χ3n) is 5.47. The van der Waals surface area contributed by atoms with E-state index < -0.39 is 26.6 Å². The third kappa shape index (κ3) is 5.28. The summed E-state index contributed by atoms with van der Waals surface area (Å²) in [5.74, 6) is -1.96. The van der Waals surface area contributed by atoms with Crippen molar-refractivity contribution in [1.29, 1.82) is 0 Å². The molecule has 0 spiro atoms. The fraction of sp³-hybridized carbons (Fsp3) is 0.409. The molecule has 6 nitrogen and oxygen atoms in total. The van der Waals surface area contributed by atoms with Crippen molar-refractivity contribution < 1.29 is 22.0 Å². The van der Waals surface area contributed by atoms with E-state index in [2.05, 4.69) is 5.32 Å². The predicted molar refractivity (Wildman–Crippen MR) is 115 cm³/mol. The van der Waals surface area contributed by atoms with Gasteiger partial charge in [0.05, 0.1) is 6.54 Å². The molecule has 1 aliphatic heterocycles. The molecule has 2 aromatic rings. The number of piperazine rings is 1. The fourth-order valence-electron chi connectivity index (χ4n) is 3.73. The number of sulfonamides is 1. The highest BCUT2D eigenvalue weighted by atomic mass is 32.2. The van der Waals surface area contributed by atoms with Gasteiger partial charge in [-0.2, -0.15) is 4.31 Å². The maximum atomic E-state index is 14.0. The minimum atomic E-state index is -4.14. The molecule has 1 amide bonds. The van der Waals surface area contributed by atoms with Crippen LogP contribution >= 0.6 is 0 Å². The summed E-state index contributed by atoms with van der Waals surface area (Å²) < 4.78 is 53.9. The maximum Gasteiger partial charge on any atom is 0.246 e. The Morgan fingerprint density at radius 2 is 1.61 bits per heavy atom. The quantitative estimate of drug-likeness (QED) is 0.703. The van der Waals surface area contributed by atoms with Gasteiger partial charge in [0.25, 0.3) is 0 Å². The molecule has 1 aliphatic rings. The van der Waals surface area contributed by atoms with Gasteiger partial charge in [-0.15, -0.1) is 0 Å². The van der Waals surface area contributed by atoms with Crippen molar-refractivity contribution >= 4 is 21.6 Å². The fourth-order valence-corrected chi connectivity index (χ4v) is 5.23. The van der Waals surface area contributed by atoms with Gasteiger partial charge in [0.1, 0.15) is 16.5 Å². The number of nitrogens with zero attached hydrogens (tertiary/aromatic N) is 2. The van der Waals surface area contributed by atoms with Gasteiger partial charge in [-0.3, -0.25) is 9.69 Å². The van der Waals surface area contributed by atoms with Crippen LogP contribution in [0.15, 0.2) is 41.3 Å². The topological polar surface area (TPSA) is 69.7 Å². The predicted octanol–water partition coefficient (Wildman–Crippen LogP) is 3.03. The Labute approximate surface area is 181 Å². The van der Waals surface area contributed by atoms with Gasteiger partial charge >= 0.3 is 0 Å². The normalized spacial score (nSPS) is 15.7. The van der Waals surface area contributed by atoms with Crippen molar-refractivity contribution in [3.8, 4) is 0 Å². The molecule has 0 saturated carbocycles. The summed E-state index contributed by atoms with van der Waals surface area (Å²) in [5, 5.41) is 3.01. The number of rotatable bonds is 7. The van der Waals surface area contributed by atoms with Gasteiger partial charge in [0.2, 0.25) is 15.9 Å². The van der Waals surface area contributed by atoms with Crippen LogP contribution in [-0.2, 0) is 27.7 Å². The lowest BCUT2D eigenvalue weighted by Gasteiger charge is -2.33. The SMILES string of the molecule is CCc1cccc(CC)c1NC(=O)CN1CCN(S(=O)(=O)c2cc(F)ccc2F)CC1. The zero-order valence-corrected chi connectivity index (χ0v) is 18.5. The number of halogens is 2. The summed E-state index contributed by atoms with van der Waals surface area (Å²) in [4.78, 5) is 13.8. The van der Waals surface area contributed by atoms with E-state index >= 15 is 0 Å². The molecule has 0 radical (unpaired) electrons. The Balaban J connectivity index is 1.62. The highest BCUT2D eigenvalue weighted by Crippen LogP contribution is 2.24.